The summed E-state index contributed by atoms with van der Waals surface area (Å²) in [7, 11) is -3.28. The Hall–Kier alpha value is -0.490. The lowest BCUT2D eigenvalue weighted by Gasteiger charge is -2.18. The number of nitrogens with zero attached hydrogens (tertiary/aromatic N) is 2. The second kappa shape index (κ2) is 2.75. The molecule has 2 rings (SSSR count). The van der Waals surface area contributed by atoms with Crippen molar-refractivity contribution in [3.8, 4) is 0 Å². The zero-order valence-corrected chi connectivity index (χ0v) is 9.31. The van der Waals surface area contributed by atoms with Gasteiger partial charge in [0.1, 0.15) is 4.60 Å². The smallest absolute Gasteiger partial charge is 0.223 e. The number of aryl methyl sites for hydroxylation is 1. The number of halogens is 1. The summed E-state index contributed by atoms with van der Waals surface area (Å²) in [6.45, 7) is 0. The maximum atomic E-state index is 11.1. The van der Waals surface area contributed by atoms with Crippen molar-refractivity contribution >= 4 is 25.8 Å². The molecule has 0 amide bonds. The van der Waals surface area contributed by atoms with E-state index in [-0.39, 0.29) is 5.16 Å². The van der Waals surface area contributed by atoms with Crippen LogP contribution >= 0.6 is 15.9 Å². The van der Waals surface area contributed by atoms with Crippen LogP contribution in [0.25, 0.3) is 0 Å². The van der Waals surface area contributed by atoms with Gasteiger partial charge in [-0.1, -0.05) is 0 Å². The SMILES string of the molecule is CS(=O)(=O)c1nc(Br)c2c(n1)CC2. The van der Waals surface area contributed by atoms with Gasteiger partial charge in [-0.3, -0.25) is 0 Å². The van der Waals surface area contributed by atoms with Gasteiger partial charge in [-0.2, -0.15) is 0 Å². The molecule has 0 atom stereocenters. The lowest BCUT2D eigenvalue weighted by atomic mass is 9.96. The maximum Gasteiger partial charge on any atom is 0.248 e. The fraction of sp³-hybridized carbons (Fsp3) is 0.429. The van der Waals surface area contributed by atoms with Crippen molar-refractivity contribution in [3.05, 3.63) is 15.9 Å². The third kappa shape index (κ3) is 1.48. The zero-order chi connectivity index (χ0) is 9.64. The van der Waals surface area contributed by atoms with Crippen LogP contribution in [-0.4, -0.2) is 24.6 Å². The van der Waals surface area contributed by atoms with E-state index in [1.807, 2.05) is 0 Å². The molecule has 1 aromatic rings. The maximum absolute atomic E-state index is 11.1. The molecule has 0 aliphatic heterocycles. The number of sulfone groups is 1. The Morgan fingerprint density at radius 1 is 1.31 bits per heavy atom. The minimum absolute atomic E-state index is 0.0853. The van der Waals surface area contributed by atoms with Crippen LogP contribution in [0.15, 0.2) is 9.76 Å². The van der Waals surface area contributed by atoms with E-state index in [2.05, 4.69) is 25.9 Å². The molecule has 0 saturated carbocycles. The van der Waals surface area contributed by atoms with Crippen LogP contribution in [0.5, 0.6) is 0 Å². The topological polar surface area (TPSA) is 59.9 Å². The molecule has 0 fully saturated rings. The van der Waals surface area contributed by atoms with Crippen LogP contribution in [-0.2, 0) is 22.7 Å². The molecule has 0 bridgehead atoms. The Bertz CT molecular complexity index is 452. The molecule has 1 heterocycles. The second-order valence-electron chi connectivity index (χ2n) is 2.99. The molecular formula is C7H7BrN2O2S. The zero-order valence-electron chi connectivity index (χ0n) is 6.91. The van der Waals surface area contributed by atoms with E-state index in [9.17, 15) is 8.42 Å². The number of rotatable bonds is 1. The Balaban J connectivity index is 2.64. The largest absolute Gasteiger partial charge is 0.248 e. The molecule has 70 valence electrons. The van der Waals surface area contributed by atoms with Gasteiger partial charge in [0.2, 0.25) is 15.0 Å². The van der Waals surface area contributed by atoms with Gasteiger partial charge in [-0.05, 0) is 28.8 Å². The van der Waals surface area contributed by atoms with Crippen molar-refractivity contribution in [2.24, 2.45) is 0 Å². The van der Waals surface area contributed by atoms with Gasteiger partial charge in [-0.15, -0.1) is 0 Å². The highest BCUT2D eigenvalue weighted by Crippen LogP contribution is 2.28. The van der Waals surface area contributed by atoms with Gasteiger partial charge in [0.05, 0.1) is 0 Å². The van der Waals surface area contributed by atoms with E-state index < -0.39 is 9.84 Å². The molecule has 13 heavy (non-hydrogen) atoms. The molecule has 0 spiro atoms. The molecule has 0 unspecified atom stereocenters. The molecule has 0 saturated heterocycles. The van der Waals surface area contributed by atoms with Crippen molar-refractivity contribution < 1.29 is 8.42 Å². The summed E-state index contributed by atoms with van der Waals surface area (Å²) in [6, 6.07) is 0. The predicted octanol–water partition coefficient (Wildman–Crippen LogP) is 0.741. The van der Waals surface area contributed by atoms with E-state index in [0.717, 1.165) is 30.4 Å². The molecule has 6 heteroatoms. The summed E-state index contributed by atoms with van der Waals surface area (Å²) in [5.41, 5.74) is 1.88. The summed E-state index contributed by atoms with van der Waals surface area (Å²) in [6.07, 6.45) is 2.89. The molecule has 0 aromatic carbocycles. The molecule has 1 aromatic heterocycles. The van der Waals surface area contributed by atoms with Crippen molar-refractivity contribution in [2.45, 2.75) is 18.0 Å². The van der Waals surface area contributed by atoms with E-state index in [1.165, 1.54) is 0 Å². The van der Waals surface area contributed by atoms with E-state index in [1.54, 1.807) is 0 Å². The normalized spacial score (nSPS) is 14.9. The molecule has 1 aliphatic rings. The monoisotopic (exact) mass is 262 g/mol. The Morgan fingerprint density at radius 2 is 2.00 bits per heavy atom. The molecule has 1 aliphatic carbocycles. The van der Waals surface area contributed by atoms with E-state index in [4.69, 9.17) is 0 Å². The first-order valence-corrected chi connectivity index (χ1v) is 6.42. The van der Waals surface area contributed by atoms with Crippen LogP contribution < -0.4 is 0 Å². The third-order valence-corrected chi connectivity index (χ3v) is 3.47. The van der Waals surface area contributed by atoms with Crippen LogP contribution in [0.1, 0.15) is 11.3 Å². The highest BCUT2D eigenvalue weighted by Gasteiger charge is 2.23. The van der Waals surface area contributed by atoms with Gasteiger partial charge in [0, 0.05) is 17.5 Å². The Morgan fingerprint density at radius 3 is 2.38 bits per heavy atom. The van der Waals surface area contributed by atoms with Gasteiger partial charge in [-0.25, -0.2) is 18.4 Å². The predicted molar refractivity (Wildman–Crippen MR) is 50.2 cm³/mol. The third-order valence-electron chi connectivity index (χ3n) is 1.97. The van der Waals surface area contributed by atoms with Crippen molar-refractivity contribution in [3.63, 3.8) is 0 Å². The molecular weight excluding hydrogens is 256 g/mol. The fourth-order valence-electron chi connectivity index (χ4n) is 1.17. The average molecular weight is 263 g/mol. The quantitative estimate of drug-likeness (QED) is 0.554. The lowest BCUT2D eigenvalue weighted by molar-refractivity contribution is 0.587. The molecule has 0 N–H and O–H groups in total. The van der Waals surface area contributed by atoms with Crippen molar-refractivity contribution in [2.75, 3.05) is 6.26 Å². The van der Waals surface area contributed by atoms with E-state index in [0.29, 0.717) is 4.60 Å². The number of hydrogen-bond donors (Lipinski definition) is 0. The minimum atomic E-state index is -3.28. The van der Waals surface area contributed by atoms with Gasteiger partial charge >= 0.3 is 0 Å². The van der Waals surface area contributed by atoms with Gasteiger partial charge in [0.25, 0.3) is 0 Å². The number of hydrogen-bond acceptors (Lipinski definition) is 4. The van der Waals surface area contributed by atoms with Crippen molar-refractivity contribution in [1.29, 1.82) is 0 Å². The number of aromatic nitrogens is 2. The molecule has 0 radical (unpaired) electrons. The lowest BCUT2D eigenvalue weighted by Crippen LogP contribution is -2.17. The van der Waals surface area contributed by atoms with Crippen LogP contribution in [0, 0.1) is 0 Å². The average Bonchev–Trinajstić information content (AvgIpc) is 1.90. The summed E-state index contributed by atoms with van der Waals surface area (Å²) >= 11 is 3.23. The van der Waals surface area contributed by atoms with Crippen molar-refractivity contribution in [1.82, 2.24) is 9.97 Å². The first kappa shape index (κ1) is 9.08. The standard InChI is InChI=1S/C7H7BrN2O2S/c1-13(11,12)7-9-5-3-2-4(5)6(8)10-7/h2-3H2,1H3. The van der Waals surface area contributed by atoms with Crippen LogP contribution in [0.4, 0.5) is 0 Å². The Labute approximate surface area is 84.5 Å². The summed E-state index contributed by atoms with van der Waals surface area (Å²) in [5.74, 6) is 0. The fourth-order valence-corrected chi connectivity index (χ4v) is 2.41. The van der Waals surface area contributed by atoms with Gasteiger partial charge in [0.15, 0.2) is 0 Å². The number of fused-ring (bicyclic) bond motifs is 1. The Kier molecular flexibility index (Phi) is 1.92. The van der Waals surface area contributed by atoms with E-state index >= 15 is 0 Å². The summed E-state index contributed by atoms with van der Waals surface area (Å²) in [4.78, 5) is 7.84. The van der Waals surface area contributed by atoms with Crippen LogP contribution in [0.2, 0.25) is 0 Å². The van der Waals surface area contributed by atoms with Crippen LogP contribution in [0.3, 0.4) is 0 Å². The highest BCUT2D eigenvalue weighted by molar-refractivity contribution is 9.10. The first-order chi connectivity index (χ1) is 5.98. The first-order valence-electron chi connectivity index (χ1n) is 3.74. The summed E-state index contributed by atoms with van der Waals surface area (Å²) < 4.78 is 22.9. The second-order valence-corrected chi connectivity index (χ2v) is 5.66. The highest BCUT2D eigenvalue weighted by atomic mass is 79.9. The van der Waals surface area contributed by atoms with Gasteiger partial charge < -0.3 is 0 Å². The molecule has 4 nitrogen and oxygen atoms in total. The minimum Gasteiger partial charge on any atom is -0.223 e. The summed E-state index contributed by atoms with van der Waals surface area (Å²) in [5, 5.41) is -0.0853.